The van der Waals surface area contributed by atoms with Gasteiger partial charge in [-0.1, -0.05) is 60.7 Å². The van der Waals surface area contributed by atoms with Crippen molar-refractivity contribution in [2.75, 3.05) is 0 Å². The Labute approximate surface area is 149 Å². The topological polar surface area (TPSA) is 89.3 Å². The molecule has 6 nitrogen and oxygen atoms in total. The molecule has 2 aromatic rings. The summed E-state index contributed by atoms with van der Waals surface area (Å²) in [5.41, 5.74) is 1.37. The van der Waals surface area contributed by atoms with Gasteiger partial charge in [0.2, 0.25) is 11.8 Å². The Morgan fingerprint density at radius 2 is 1.38 bits per heavy atom. The number of nitrogens with one attached hydrogen (secondary N) is 1. The molecule has 26 heavy (non-hydrogen) atoms. The first-order chi connectivity index (χ1) is 12.6. The minimum atomic E-state index is -0.654. The predicted octanol–water partition coefficient (Wildman–Crippen LogP) is 2.92. The average Bonchev–Trinajstić information content (AvgIpc) is 2.96. The lowest BCUT2D eigenvalue weighted by molar-refractivity contribution is -0.385. The summed E-state index contributed by atoms with van der Waals surface area (Å²) in [5.74, 6) is -2.64. The second-order valence-electron chi connectivity index (χ2n) is 6.57. The number of nitro benzene ring substituents is 1. The Morgan fingerprint density at radius 1 is 0.808 bits per heavy atom. The standard InChI is InChI=1S/C20H16N2O4/c23-19-17-13(12-6-2-1-3-7-12)10-11-15(18(17)20(24)21-19)14-8-4-5-9-16(14)22(25)26/h1-11,13,15,17-18H,(H,21,23,24). The van der Waals surface area contributed by atoms with Crippen LogP contribution in [0.25, 0.3) is 0 Å². The van der Waals surface area contributed by atoms with Gasteiger partial charge in [-0.05, 0) is 5.56 Å². The largest absolute Gasteiger partial charge is 0.296 e. The highest BCUT2D eigenvalue weighted by Gasteiger charge is 2.51. The Kier molecular flexibility index (Phi) is 3.88. The SMILES string of the molecule is O=C1NC(=O)C2C(c3ccccc3[N+](=O)[O-])C=CC(c3ccccc3)C12. The molecule has 0 spiro atoms. The van der Waals surface area contributed by atoms with Gasteiger partial charge < -0.3 is 0 Å². The van der Waals surface area contributed by atoms with Crippen LogP contribution in [0, 0.1) is 22.0 Å². The Bertz CT molecular complexity index is 922. The summed E-state index contributed by atoms with van der Waals surface area (Å²) in [4.78, 5) is 36.0. The van der Waals surface area contributed by atoms with Crippen molar-refractivity contribution in [1.82, 2.24) is 5.32 Å². The van der Waals surface area contributed by atoms with Crippen molar-refractivity contribution in [2.24, 2.45) is 11.8 Å². The van der Waals surface area contributed by atoms with Crippen LogP contribution >= 0.6 is 0 Å². The van der Waals surface area contributed by atoms with Gasteiger partial charge in [0.05, 0.1) is 16.8 Å². The summed E-state index contributed by atoms with van der Waals surface area (Å²) < 4.78 is 0. The van der Waals surface area contributed by atoms with Gasteiger partial charge in [0.25, 0.3) is 5.69 Å². The molecule has 0 radical (unpaired) electrons. The maximum absolute atomic E-state index is 12.5. The van der Waals surface area contributed by atoms with Crippen LogP contribution in [0.15, 0.2) is 66.7 Å². The molecule has 4 atom stereocenters. The first-order valence-corrected chi connectivity index (χ1v) is 8.39. The average molecular weight is 348 g/mol. The van der Waals surface area contributed by atoms with Gasteiger partial charge >= 0.3 is 0 Å². The third-order valence-corrected chi connectivity index (χ3v) is 5.22. The molecule has 2 aliphatic rings. The van der Waals surface area contributed by atoms with E-state index in [1.807, 2.05) is 42.5 Å². The van der Waals surface area contributed by atoms with E-state index in [1.165, 1.54) is 6.07 Å². The number of amides is 2. The summed E-state index contributed by atoms with van der Waals surface area (Å²) in [7, 11) is 0. The number of hydrogen-bond donors (Lipinski definition) is 1. The number of hydrogen-bond acceptors (Lipinski definition) is 4. The minimum Gasteiger partial charge on any atom is -0.296 e. The van der Waals surface area contributed by atoms with Crippen LogP contribution in [0.5, 0.6) is 0 Å². The van der Waals surface area contributed by atoms with Crippen molar-refractivity contribution in [1.29, 1.82) is 0 Å². The van der Waals surface area contributed by atoms with Gasteiger partial charge in [0, 0.05) is 23.5 Å². The second-order valence-corrected chi connectivity index (χ2v) is 6.57. The van der Waals surface area contributed by atoms with Crippen molar-refractivity contribution in [2.45, 2.75) is 11.8 Å². The molecule has 1 aliphatic carbocycles. The highest BCUT2D eigenvalue weighted by Crippen LogP contribution is 2.48. The van der Waals surface area contributed by atoms with E-state index < -0.39 is 22.7 Å². The van der Waals surface area contributed by atoms with Crippen molar-refractivity contribution < 1.29 is 14.5 Å². The quantitative estimate of drug-likeness (QED) is 0.400. The summed E-state index contributed by atoms with van der Waals surface area (Å²) >= 11 is 0. The Hall–Kier alpha value is -3.28. The van der Waals surface area contributed by atoms with Gasteiger partial charge in [-0.3, -0.25) is 25.0 Å². The highest BCUT2D eigenvalue weighted by molar-refractivity contribution is 6.06. The molecular weight excluding hydrogens is 332 g/mol. The van der Waals surface area contributed by atoms with E-state index in [9.17, 15) is 19.7 Å². The van der Waals surface area contributed by atoms with Crippen molar-refractivity contribution in [3.63, 3.8) is 0 Å². The van der Waals surface area contributed by atoms with Gasteiger partial charge in [-0.2, -0.15) is 0 Å². The van der Waals surface area contributed by atoms with Gasteiger partial charge in [0.15, 0.2) is 0 Å². The third-order valence-electron chi connectivity index (χ3n) is 5.22. The molecule has 0 aromatic heterocycles. The monoisotopic (exact) mass is 348 g/mol. The van der Waals surface area contributed by atoms with Crippen LogP contribution in [0.2, 0.25) is 0 Å². The predicted molar refractivity (Wildman–Crippen MR) is 94.3 cm³/mol. The summed E-state index contributed by atoms with van der Waals surface area (Å²) in [5, 5.41) is 13.8. The fourth-order valence-electron chi connectivity index (χ4n) is 4.09. The summed E-state index contributed by atoms with van der Waals surface area (Å²) in [6.07, 6.45) is 3.73. The van der Waals surface area contributed by atoms with Gasteiger partial charge in [0.1, 0.15) is 0 Å². The number of fused-ring (bicyclic) bond motifs is 1. The first-order valence-electron chi connectivity index (χ1n) is 8.39. The lowest BCUT2D eigenvalue weighted by Crippen LogP contribution is -2.32. The fraction of sp³-hybridized carbons (Fsp3) is 0.200. The molecule has 130 valence electrons. The zero-order valence-electron chi connectivity index (χ0n) is 13.7. The zero-order chi connectivity index (χ0) is 18.3. The summed E-state index contributed by atoms with van der Waals surface area (Å²) in [6.45, 7) is 0. The Balaban J connectivity index is 1.83. The fourth-order valence-corrected chi connectivity index (χ4v) is 4.09. The number of carbonyl (C=O) groups excluding carboxylic acids is 2. The Morgan fingerprint density at radius 3 is 2.08 bits per heavy atom. The molecule has 2 amide bonds. The molecule has 4 rings (SSSR count). The van der Waals surface area contributed by atoms with E-state index in [2.05, 4.69) is 5.32 Å². The zero-order valence-corrected chi connectivity index (χ0v) is 13.7. The normalized spacial score (nSPS) is 27.1. The van der Waals surface area contributed by atoms with E-state index in [0.29, 0.717) is 5.56 Å². The number of carbonyl (C=O) groups is 2. The van der Waals surface area contributed by atoms with Crippen LogP contribution in [-0.2, 0) is 9.59 Å². The van der Waals surface area contributed by atoms with E-state index in [-0.39, 0.29) is 23.4 Å². The molecular formula is C20H16N2O4. The number of imide groups is 1. The van der Waals surface area contributed by atoms with Crippen LogP contribution in [0.1, 0.15) is 23.0 Å². The maximum atomic E-state index is 12.5. The number of allylic oxidation sites excluding steroid dienone is 2. The lowest BCUT2D eigenvalue weighted by Gasteiger charge is -2.32. The van der Waals surface area contributed by atoms with Crippen LogP contribution in [0.3, 0.4) is 0 Å². The number of para-hydroxylation sites is 1. The van der Waals surface area contributed by atoms with Crippen LogP contribution < -0.4 is 5.32 Å². The van der Waals surface area contributed by atoms with Crippen molar-refractivity contribution in [3.05, 3.63) is 88.0 Å². The maximum Gasteiger partial charge on any atom is 0.273 e. The number of nitro groups is 1. The third kappa shape index (κ3) is 2.50. The second kappa shape index (κ2) is 6.22. The van der Waals surface area contributed by atoms with E-state index in [4.69, 9.17) is 0 Å². The minimum absolute atomic E-state index is 0.0359. The van der Waals surface area contributed by atoms with Crippen LogP contribution in [-0.4, -0.2) is 16.7 Å². The molecule has 0 saturated carbocycles. The number of nitrogens with zero attached hydrogens (tertiary/aromatic N) is 1. The van der Waals surface area contributed by atoms with E-state index in [0.717, 1.165) is 5.56 Å². The molecule has 1 saturated heterocycles. The van der Waals surface area contributed by atoms with E-state index in [1.54, 1.807) is 18.2 Å². The van der Waals surface area contributed by atoms with Crippen LogP contribution in [0.4, 0.5) is 5.69 Å². The first kappa shape index (κ1) is 16.2. The summed E-state index contributed by atoms with van der Waals surface area (Å²) in [6, 6.07) is 15.9. The molecule has 4 unspecified atom stereocenters. The smallest absolute Gasteiger partial charge is 0.273 e. The molecule has 1 heterocycles. The van der Waals surface area contributed by atoms with Crippen molar-refractivity contribution >= 4 is 17.5 Å². The molecule has 1 N–H and O–H groups in total. The molecule has 2 aromatic carbocycles. The molecule has 1 aliphatic heterocycles. The molecule has 0 bridgehead atoms. The van der Waals surface area contributed by atoms with E-state index >= 15 is 0 Å². The number of benzene rings is 2. The number of rotatable bonds is 3. The highest BCUT2D eigenvalue weighted by atomic mass is 16.6. The lowest BCUT2D eigenvalue weighted by atomic mass is 9.67. The van der Waals surface area contributed by atoms with Gasteiger partial charge in [-0.25, -0.2) is 0 Å². The molecule has 6 heteroatoms. The van der Waals surface area contributed by atoms with Gasteiger partial charge in [-0.15, -0.1) is 0 Å². The molecule has 1 fully saturated rings. The van der Waals surface area contributed by atoms with Crippen molar-refractivity contribution in [3.8, 4) is 0 Å².